The Morgan fingerprint density at radius 3 is 2.42 bits per heavy atom. The molecule has 122 valence electrons. The zero-order valence-corrected chi connectivity index (χ0v) is 14.3. The number of nitrogens with zero attached hydrogens (tertiary/aromatic N) is 3. The number of hydrogen-bond donors (Lipinski definition) is 1. The molecule has 0 saturated heterocycles. The van der Waals surface area contributed by atoms with Crippen LogP contribution in [-0.4, -0.2) is 17.0 Å². The average Bonchev–Trinajstić information content (AvgIpc) is 2.62. The van der Waals surface area contributed by atoms with Crippen LogP contribution in [0.15, 0.2) is 60.7 Å². The molecule has 0 aliphatic rings. The van der Waals surface area contributed by atoms with Gasteiger partial charge in [-0.2, -0.15) is 4.98 Å². The van der Waals surface area contributed by atoms with Crippen LogP contribution >= 0.6 is 0 Å². The van der Waals surface area contributed by atoms with Crippen LogP contribution < -0.4 is 10.2 Å². The summed E-state index contributed by atoms with van der Waals surface area (Å²) < 4.78 is 0. The monoisotopic (exact) mass is 318 g/mol. The van der Waals surface area contributed by atoms with Gasteiger partial charge in [-0.3, -0.25) is 0 Å². The summed E-state index contributed by atoms with van der Waals surface area (Å²) >= 11 is 0. The zero-order valence-electron chi connectivity index (χ0n) is 14.3. The number of para-hydroxylation sites is 2. The number of nitrogens with one attached hydrogen (secondary N) is 1. The first-order valence-corrected chi connectivity index (χ1v) is 8.16. The quantitative estimate of drug-likeness (QED) is 0.729. The maximum atomic E-state index is 4.68. The molecule has 1 N–H and O–H groups in total. The largest absolute Gasteiger partial charge is 0.329 e. The van der Waals surface area contributed by atoms with E-state index in [0.29, 0.717) is 5.95 Å². The molecule has 0 radical (unpaired) electrons. The Kier molecular flexibility index (Phi) is 4.75. The van der Waals surface area contributed by atoms with Crippen molar-refractivity contribution in [3.63, 3.8) is 0 Å². The van der Waals surface area contributed by atoms with E-state index in [0.717, 1.165) is 29.3 Å². The number of aromatic nitrogens is 2. The number of aryl methyl sites for hydroxylation is 2. The summed E-state index contributed by atoms with van der Waals surface area (Å²) in [6, 6.07) is 20.4. The predicted octanol–water partition coefficient (Wildman–Crippen LogP) is 4.86. The minimum atomic E-state index is 0.619. The molecule has 0 amide bonds. The highest BCUT2D eigenvalue weighted by Gasteiger charge is 2.09. The SMILES string of the molecule is CCc1ccccc1Nc1nc(C)cc(N(C)c2ccccc2)n1. The first kappa shape index (κ1) is 16.0. The first-order valence-electron chi connectivity index (χ1n) is 8.16. The molecule has 0 spiro atoms. The summed E-state index contributed by atoms with van der Waals surface area (Å²) in [5.41, 5.74) is 4.33. The highest BCUT2D eigenvalue weighted by Crippen LogP contribution is 2.25. The van der Waals surface area contributed by atoms with Crippen molar-refractivity contribution in [1.82, 2.24) is 9.97 Å². The molecule has 3 aromatic rings. The van der Waals surface area contributed by atoms with Crippen LogP contribution in [-0.2, 0) is 6.42 Å². The topological polar surface area (TPSA) is 41.1 Å². The fourth-order valence-electron chi connectivity index (χ4n) is 2.63. The molecule has 0 bridgehead atoms. The van der Waals surface area contributed by atoms with Gasteiger partial charge in [0.25, 0.3) is 0 Å². The van der Waals surface area contributed by atoms with Crippen molar-refractivity contribution in [1.29, 1.82) is 0 Å². The summed E-state index contributed by atoms with van der Waals surface area (Å²) in [6.07, 6.45) is 0.964. The van der Waals surface area contributed by atoms with E-state index >= 15 is 0 Å². The molecule has 4 heteroatoms. The van der Waals surface area contributed by atoms with Gasteiger partial charge >= 0.3 is 0 Å². The third kappa shape index (κ3) is 3.54. The Labute approximate surface area is 143 Å². The minimum absolute atomic E-state index is 0.619. The minimum Gasteiger partial charge on any atom is -0.329 e. The van der Waals surface area contributed by atoms with E-state index in [1.54, 1.807) is 0 Å². The molecule has 0 aliphatic heterocycles. The molecule has 2 aromatic carbocycles. The second kappa shape index (κ2) is 7.13. The van der Waals surface area contributed by atoms with Crippen LogP contribution in [0.1, 0.15) is 18.2 Å². The Bertz CT molecular complexity index is 815. The Hall–Kier alpha value is -2.88. The van der Waals surface area contributed by atoms with Gasteiger partial charge in [0, 0.05) is 30.2 Å². The number of hydrogen-bond acceptors (Lipinski definition) is 4. The molecule has 24 heavy (non-hydrogen) atoms. The van der Waals surface area contributed by atoms with Gasteiger partial charge in [-0.1, -0.05) is 43.3 Å². The van der Waals surface area contributed by atoms with Crippen LogP contribution in [0, 0.1) is 6.92 Å². The van der Waals surface area contributed by atoms with Gasteiger partial charge in [-0.05, 0) is 37.1 Å². The number of anilines is 4. The van der Waals surface area contributed by atoms with E-state index in [1.807, 2.05) is 44.3 Å². The van der Waals surface area contributed by atoms with E-state index in [-0.39, 0.29) is 0 Å². The molecule has 0 unspecified atom stereocenters. The molecule has 0 aliphatic carbocycles. The lowest BCUT2D eigenvalue weighted by molar-refractivity contribution is 1.05. The summed E-state index contributed by atoms with van der Waals surface area (Å²) in [5, 5.41) is 3.36. The van der Waals surface area contributed by atoms with Crippen molar-refractivity contribution < 1.29 is 0 Å². The molecule has 3 rings (SSSR count). The van der Waals surface area contributed by atoms with Crippen molar-refractivity contribution in [2.75, 3.05) is 17.3 Å². The van der Waals surface area contributed by atoms with Gasteiger partial charge in [0.1, 0.15) is 5.82 Å². The van der Waals surface area contributed by atoms with E-state index in [9.17, 15) is 0 Å². The fourth-order valence-corrected chi connectivity index (χ4v) is 2.63. The highest BCUT2D eigenvalue weighted by molar-refractivity contribution is 5.63. The standard InChI is InChI=1S/C20H22N4/c1-4-16-10-8-9-13-18(16)22-20-21-15(2)14-19(23-20)24(3)17-11-6-5-7-12-17/h5-14H,4H2,1-3H3,(H,21,22,23). The lowest BCUT2D eigenvalue weighted by Crippen LogP contribution is -2.13. The first-order chi connectivity index (χ1) is 11.7. The van der Waals surface area contributed by atoms with Crippen molar-refractivity contribution in [3.05, 3.63) is 71.9 Å². The fraction of sp³-hybridized carbons (Fsp3) is 0.200. The third-order valence-electron chi connectivity index (χ3n) is 3.97. The molecule has 0 fully saturated rings. The van der Waals surface area contributed by atoms with E-state index in [1.165, 1.54) is 5.56 Å². The Balaban J connectivity index is 1.92. The van der Waals surface area contributed by atoms with E-state index in [4.69, 9.17) is 0 Å². The summed E-state index contributed by atoms with van der Waals surface area (Å²) in [7, 11) is 2.01. The Morgan fingerprint density at radius 1 is 0.958 bits per heavy atom. The van der Waals surface area contributed by atoms with Crippen molar-refractivity contribution >= 4 is 23.1 Å². The van der Waals surface area contributed by atoms with Gasteiger partial charge in [-0.15, -0.1) is 0 Å². The van der Waals surface area contributed by atoms with Gasteiger partial charge < -0.3 is 10.2 Å². The molecule has 4 nitrogen and oxygen atoms in total. The van der Waals surface area contributed by atoms with E-state index in [2.05, 4.69) is 57.4 Å². The van der Waals surface area contributed by atoms with Gasteiger partial charge in [0.05, 0.1) is 0 Å². The predicted molar refractivity (Wildman–Crippen MR) is 100 cm³/mol. The maximum Gasteiger partial charge on any atom is 0.229 e. The van der Waals surface area contributed by atoms with E-state index < -0.39 is 0 Å². The zero-order chi connectivity index (χ0) is 16.9. The third-order valence-corrected chi connectivity index (χ3v) is 3.97. The van der Waals surface area contributed by atoms with Crippen molar-refractivity contribution in [3.8, 4) is 0 Å². The second-order valence-corrected chi connectivity index (χ2v) is 5.72. The molecular formula is C20H22N4. The Morgan fingerprint density at radius 2 is 1.67 bits per heavy atom. The van der Waals surface area contributed by atoms with Gasteiger partial charge in [0.2, 0.25) is 5.95 Å². The molecule has 0 saturated carbocycles. The number of benzene rings is 2. The molecular weight excluding hydrogens is 296 g/mol. The molecule has 0 atom stereocenters. The van der Waals surface area contributed by atoms with Crippen LogP contribution in [0.3, 0.4) is 0 Å². The lowest BCUT2D eigenvalue weighted by Gasteiger charge is -2.19. The second-order valence-electron chi connectivity index (χ2n) is 5.72. The average molecular weight is 318 g/mol. The smallest absolute Gasteiger partial charge is 0.229 e. The van der Waals surface area contributed by atoms with Crippen LogP contribution in [0.5, 0.6) is 0 Å². The normalized spacial score (nSPS) is 10.5. The molecule has 1 heterocycles. The van der Waals surface area contributed by atoms with Gasteiger partial charge in [0.15, 0.2) is 0 Å². The summed E-state index contributed by atoms with van der Waals surface area (Å²) in [6.45, 7) is 4.13. The summed E-state index contributed by atoms with van der Waals surface area (Å²) in [5.74, 6) is 1.49. The molecule has 1 aromatic heterocycles. The maximum absolute atomic E-state index is 4.68. The van der Waals surface area contributed by atoms with Crippen molar-refractivity contribution in [2.24, 2.45) is 0 Å². The highest BCUT2D eigenvalue weighted by atomic mass is 15.2. The van der Waals surface area contributed by atoms with Crippen LogP contribution in [0.4, 0.5) is 23.1 Å². The van der Waals surface area contributed by atoms with Gasteiger partial charge in [-0.25, -0.2) is 4.98 Å². The van der Waals surface area contributed by atoms with Crippen LogP contribution in [0.2, 0.25) is 0 Å². The number of rotatable bonds is 5. The summed E-state index contributed by atoms with van der Waals surface area (Å²) in [4.78, 5) is 11.3. The lowest BCUT2D eigenvalue weighted by atomic mass is 10.1. The van der Waals surface area contributed by atoms with Crippen molar-refractivity contribution in [2.45, 2.75) is 20.3 Å². The van der Waals surface area contributed by atoms with Crippen LogP contribution in [0.25, 0.3) is 0 Å².